The number of hydrogen-bond acceptors (Lipinski definition) is 3. The van der Waals surface area contributed by atoms with Crippen molar-refractivity contribution in [3.8, 4) is 0 Å². The summed E-state index contributed by atoms with van der Waals surface area (Å²) >= 11 is 0. The molecule has 0 aliphatic carbocycles. The quantitative estimate of drug-likeness (QED) is 0.870. The molecule has 3 N–H and O–H groups in total. The van der Waals surface area contributed by atoms with E-state index in [2.05, 4.69) is 4.90 Å². The fraction of sp³-hybridized carbons (Fsp3) is 0.625. The molecule has 0 amide bonds. The minimum absolute atomic E-state index is 0.210. The lowest BCUT2D eigenvalue weighted by molar-refractivity contribution is 0.0709. The Morgan fingerprint density at radius 2 is 2.00 bits per heavy atom. The van der Waals surface area contributed by atoms with E-state index in [1.807, 2.05) is 13.0 Å². The van der Waals surface area contributed by atoms with Gasteiger partial charge >= 0.3 is 0 Å². The second kappa shape index (κ2) is 7.16. The second-order valence-electron chi connectivity index (χ2n) is 5.84. The summed E-state index contributed by atoms with van der Waals surface area (Å²) < 4.78 is 13.6. The van der Waals surface area contributed by atoms with Crippen LogP contribution >= 0.6 is 0 Å². The van der Waals surface area contributed by atoms with Gasteiger partial charge in [0.05, 0.1) is 6.10 Å². The summed E-state index contributed by atoms with van der Waals surface area (Å²) in [6.07, 6.45) is 2.62. The summed E-state index contributed by atoms with van der Waals surface area (Å²) in [5.41, 5.74) is 6.68. The van der Waals surface area contributed by atoms with Crippen molar-refractivity contribution < 1.29 is 9.50 Å². The van der Waals surface area contributed by atoms with Crippen LogP contribution in [-0.4, -0.2) is 35.7 Å². The lowest BCUT2D eigenvalue weighted by Crippen LogP contribution is -2.38. The van der Waals surface area contributed by atoms with E-state index < -0.39 is 0 Å². The second-order valence-corrected chi connectivity index (χ2v) is 5.84. The number of likely N-dealkylation sites (tertiary alicyclic amines) is 1. The highest BCUT2D eigenvalue weighted by Gasteiger charge is 2.23. The van der Waals surface area contributed by atoms with E-state index in [-0.39, 0.29) is 18.0 Å². The molecule has 1 aliphatic heterocycles. The molecule has 0 aromatic heterocycles. The SMILES string of the molecule is CC(O)C1CCN(CCC(N)c2ccccc2F)CC1. The molecule has 1 aliphatic rings. The summed E-state index contributed by atoms with van der Waals surface area (Å²) in [5, 5.41) is 9.58. The predicted octanol–water partition coefficient (Wildman–Crippen LogP) is 2.31. The van der Waals surface area contributed by atoms with Gasteiger partial charge in [-0.3, -0.25) is 0 Å². The molecular formula is C16H25FN2O. The Morgan fingerprint density at radius 3 is 2.60 bits per heavy atom. The van der Waals surface area contributed by atoms with Gasteiger partial charge < -0.3 is 15.7 Å². The van der Waals surface area contributed by atoms with Crippen molar-refractivity contribution in [1.29, 1.82) is 0 Å². The lowest BCUT2D eigenvalue weighted by Gasteiger charge is -2.33. The van der Waals surface area contributed by atoms with Crippen LogP contribution in [0.5, 0.6) is 0 Å². The van der Waals surface area contributed by atoms with E-state index in [1.165, 1.54) is 6.07 Å². The maximum absolute atomic E-state index is 13.6. The van der Waals surface area contributed by atoms with Crippen LogP contribution in [0.4, 0.5) is 4.39 Å². The molecular weight excluding hydrogens is 255 g/mol. The molecule has 2 atom stereocenters. The van der Waals surface area contributed by atoms with Crippen molar-refractivity contribution in [2.24, 2.45) is 11.7 Å². The highest BCUT2D eigenvalue weighted by molar-refractivity contribution is 5.20. The molecule has 4 heteroatoms. The fourth-order valence-electron chi connectivity index (χ4n) is 2.91. The number of aliphatic hydroxyl groups excluding tert-OH is 1. The topological polar surface area (TPSA) is 49.5 Å². The molecule has 1 aromatic carbocycles. The first-order valence-corrected chi connectivity index (χ1v) is 7.48. The zero-order valence-electron chi connectivity index (χ0n) is 12.1. The number of benzene rings is 1. The predicted molar refractivity (Wildman–Crippen MR) is 78.8 cm³/mol. The van der Waals surface area contributed by atoms with Gasteiger partial charge in [0.15, 0.2) is 0 Å². The lowest BCUT2D eigenvalue weighted by atomic mass is 9.92. The molecule has 0 spiro atoms. The summed E-state index contributed by atoms with van der Waals surface area (Å²) in [6, 6.07) is 6.49. The molecule has 112 valence electrons. The minimum atomic E-state index is -0.245. The number of nitrogens with zero attached hydrogens (tertiary/aromatic N) is 1. The van der Waals surface area contributed by atoms with Gasteiger partial charge in [0, 0.05) is 11.6 Å². The summed E-state index contributed by atoms with van der Waals surface area (Å²) in [5.74, 6) is 0.208. The zero-order valence-corrected chi connectivity index (χ0v) is 12.1. The minimum Gasteiger partial charge on any atom is -0.393 e. The monoisotopic (exact) mass is 280 g/mol. The van der Waals surface area contributed by atoms with Gasteiger partial charge in [0.25, 0.3) is 0 Å². The summed E-state index contributed by atoms with van der Waals surface area (Å²) in [7, 11) is 0. The van der Waals surface area contributed by atoms with Gasteiger partial charge in [0.2, 0.25) is 0 Å². The molecule has 2 unspecified atom stereocenters. The van der Waals surface area contributed by atoms with Gasteiger partial charge in [-0.05, 0) is 57.8 Å². The highest BCUT2D eigenvalue weighted by atomic mass is 19.1. The molecule has 1 fully saturated rings. The molecule has 1 heterocycles. The van der Waals surface area contributed by atoms with Gasteiger partial charge in [-0.25, -0.2) is 4.39 Å². The first-order chi connectivity index (χ1) is 9.58. The van der Waals surface area contributed by atoms with Crippen molar-refractivity contribution in [2.75, 3.05) is 19.6 Å². The first kappa shape index (κ1) is 15.4. The average Bonchev–Trinajstić information content (AvgIpc) is 2.45. The van der Waals surface area contributed by atoms with Crippen LogP contribution in [0.2, 0.25) is 0 Å². The third-order valence-corrected chi connectivity index (χ3v) is 4.38. The Labute approximate surface area is 120 Å². The Morgan fingerprint density at radius 1 is 1.35 bits per heavy atom. The van der Waals surface area contributed by atoms with E-state index in [0.29, 0.717) is 11.5 Å². The van der Waals surface area contributed by atoms with Crippen molar-refractivity contribution in [1.82, 2.24) is 4.90 Å². The standard InChI is InChI=1S/C16H25FN2O/c1-12(20)13-6-9-19(10-7-13)11-8-16(18)14-4-2-3-5-15(14)17/h2-5,12-13,16,20H,6-11,18H2,1H3. The van der Waals surface area contributed by atoms with Crippen LogP contribution in [-0.2, 0) is 0 Å². The molecule has 0 bridgehead atoms. The number of piperidine rings is 1. The van der Waals surface area contributed by atoms with Crippen molar-refractivity contribution in [3.63, 3.8) is 0 Å². The van der Waals surface area contributed by atoms with Crippen molar-refractivity contribution in [2.45, 2.75) is 38.3 Å². The van der Waals surface area contributed by atoms with E-state index in [9.17, 15) is 9.50 Å². The van der Waals surface area contributed by atoms with Crippen LogP contribution in [0.25, 0.3) is 0 Å². The van der Waals surface area contributed by atoms with Gasteiger partial charge in [-0.1, -0.05) is 18.2 Å². The number of aliphatic hydroxyl groups is 1. The maximum atomic E-state index is 13.6. The van der Waals surface area contributed by atoms with Crippen LogP contribution in [0, 0.1) is 11.7 Å². The Balaban J connectivity index is 1.78. The molecule has 0 radical (unpaired) electrons. The third kappa shape index (κ3) is 4.01. The van der Waals surface area contributed by atoms with Gasteiger partial charge in [0.1, 0.15) is 5.82 Å². The number of halogens is 1. The van der Waals surface area contributed by atoms with E-state index >= 15 is 0 Å². The molecule has 2 rings (SSSR count). The van der Waals surface area contributed by atoms with Crippen LogP contribution < -0.4 is 5.73 Å². The van der Waals surface area contributed by atoms with E-state index in [4.69, 9.17) is 5.73 Å². The molecule has 0 saturated carbocycles. The molecule has 20 heavy (non-hydrogen) atoms. The molecule has 3 nitrogen and oxygen atoms in total. The zero-order chi connectivity index (χ0) is 14.5. The number of nitrogens with two attached hydrogens (primary N) is 1. The summed E-state index contributed by atoms with van der Waals surface area (Å²) in [6.45, 7) is 4.76. The smallest absolute Gasteiger partial charge is 0.127 e. The molecule has 1 aromatic rings. The number of rotatable bonds is 5. The fourth-order valence-corrected chi connectivity index (χ4v) is 2.91. The molecule has 1 saturated heterocycles. The van der Waals surface area contributed by atoms with Gasteiger partial charge in [-0.15, -0.1) is 0 Å². The normalized spacial score (nSPS) is 20.8. The van der Waals surface area contributed by atoms with Gasteiger partial charge in [-0.2, -0.15) is 0 Å². The highest BCUT2D eigenvalue weighted by Crippen LogP contribution is 2.22. The van der Waals surface area contributed by atoms with Crippen molar-refractivity contribution >= 4 is 0 Å². The van der Waals surface area contributed by atoms with E-state index in [0.717, 1.165) is 38.9 Å². The Hall–Kier alpha value is -0.970. The Bertz CT molecular complexity index is 417. The van der Waals surface area contributed by atoms with Crippen LogP contribution in [0.3, 0.4) is 0 Å². The van der Waals surface area contributed by atoms with Crippen molar-refractivity contribution in [3.05, 3.63) is 35.6 Å². The third-order valence-electron chi connectivity index (χ3n) is 4.38. The maximum Gasteiger partial charge on any atom is 0.127 e. The van der Waals surface area contributed by atoms with Crippen LogP contribution in [0.15, 0.2) is 24.3 Å². The summed E-state index contributed by atoms with van der Waals surface area (Å²) in [4.78, 5) is 2.36. The Kier molecular flexibility index (Phi) is 5.52. The largest absolute Gasteiger partial charge is 0.393 e. The van der Waals surface area contributed by atoms with Crippen LogP contribution in [0.1, 0.15) is 37.8 Å². The first-order valence-electron chi connectivity index (χ1n) is 7.48. The number of hydrogen-bond donors (Lipinski definition) is 2. The average molecular weight is 280 g/mol. The van der Waals surface area contributed by atoms with E-state index in [1.54, 1.807) is 12.1 Å².